The van der Waals surface area contributed by atoms with Crippen LogP contribution < -0.4 is 0 Å². The highest BCUT2D eigenvalue weighted by molar-refractivity contribution is 9.10. The van der Waals surface area contributed by atoms with Crippen molar-refractivity contribution in [1.82, 2.24) is 0 Å². The number of carbonyl (C=O) groups excluding carboxylic acids is 1. The van der Waals surface area contributed by atoms with Crippen LogP contribution in [0.25, 0.3) is 0 Å². The second-order valence-corrected chi connectivity index (χ2v) is 4.57. The first-order valence-corrected chi connectivity index (χ1v) is 5.90. The highest BCUT2D eigenvalue weighted by atomic mass is 79.9. The van der Waals surface area contributed by atoms with Gasteiger partial charge < -0.3 is 4.74 Å². The molecule has 0 heterocycles. The fourth-order valence-corrected chi connectivity index (χ4v) is 1.13. The van der Waals surface area contributed by atoms with Gasteiger partial charge in [-0.25, -0.2) is 0 Å². The zero-order valence-electron chi connectivity index (χ0n) is 8.51. The molecule has 0 radical (unpaired) electrons. The summed E-state index contributed by atoms with van der Waals surface area (Å²) < 4.78 is 5.00. The lowest BCUT2D eigenvalue weighted by Crippen LogP contribution is -2.14. The van der Waals surface area contributed by atoms with Crippen molar-refractivity contribution in [3.8, 4) is 0 Å². The van der Waals surface area contributed by atoms with E-state index in [0.717, 1.165) is 12.8 Å². The molecule has 0 aliphatic carbocycles. The standard InChI is InChI=1S/C10H19BrO2/c1-3-4-5-6-7-8-13-10(12)9(2)11/h9H,3-8H2,1-2H3/t9-/m0/s1. The molecule has 2 nitrogen and oxygen atoms in total. The van der Waals surface area contributed by atoms with E-state index in [1.165, 1.54) is 19.3 Å². The summed E-state index contributed by atoms with van der Waals surface area (Å²) in [6.07, 6.45) is 5.93. The van der Waals surface area contributed by atoms with E-state index >= 15 is 0 Å². The zero-order chi connectivity index (χ0) is 10.1. The Hall–Kier alpha value is -0.0500. The van der Waals surface area contributed by atoms with Crippen LogP contribution in [0.2, 0.25) is 0 Å². The summed E-state index contributed by atoms with van der Waals surface area (Å²) >= 11 is 3.16. The summed E-state index contributed by atoms with van der Waals surface area (Å²) in [7, 11) is 0. The average molecular weight is 251 g/mol. The number of alkyl halides is 1. The number of halogens is 1. The molecule has 0 saturated carbocycles. The first-order valence-electron chi connectivity index (χ1n) is 4.99. The predicted octanol–water partition coefficient (Wildman–Crippen LogP) is 3.28. The molecule has 0 rings (SSSR count). The van der Waals surface area contributed by atoms with Crippen molar-refractivity contribution < 1.29 is 9.53 Å². The topological polar surface area (TPSA) is 26.3 Å². The zero-order valence-corrected chi connectivity index (χ0v) is 10.1. The minimum absolute atomic E-state index is 0.157. The van der Waals surface area contributed by atoms with Crippen molar-refractivity contribution in [2.75, 3.05) is 6.61 Å². The summed E-state index contributed by atoms with van der Waals surface area (Å²) in [6.45, 7) is 4.53. The molecule has 0 N–H and O–H groups in total. The molecule has 3 heteroatoms. The Morgan fingerprint density at radius 3 is 2.46 bits per heavy atom. The van der Waals surface area contributed by atoms with Crippen molar-refractivity contribution in [2.24, 2.45) is 0 Å². The first-order chi connectivity index (χ1) is 6.18. The molecule has 0 aliphatic rings. The van der Waals surface area contributed by atoms with Gasteiger partial charge in [0.1, 0.15) is 4.83 Å². The molecular formula is C10H19BrO2. The smallest absolute Gasteiger partial charge is 0.319 e. The maximum Gasteiger partial charge on any atom is 0.319 e. The quantitative estimate of drug-likeness (QED) is 0.394. The molecule has 0 fully saturated rings. The van der Waals surface area contributed by atoms with Gasteiger partial charge >= 0.3 is 5.97 Å². The van der Waals surface area contributed by atoms with Gasteiger partial charge in [0.05, 0.1) is 6.61 Å². The molecule has 0 aromatic carbocycles. The van der Waals surface area contributed by atoms with Crippen LogP contribution in [-0.4, -0.2) is 17.4 Å². The normalized spacial score (nSPS) is 12.5. The van der Waals surface area contributed by atoms with Gasteiger partial charge in [-0.05, 0) is 13.3 Å². The highest BCUT2D eigenvalue weighted by Crippen LogP contribution is 2.04. The molecule has 0 aromatic heterocycles. The Bertz CT molecular complexity index is 135. The highest BCUT2D eigenvalue weighted by Gasteiger charge is 2.08. The van der Waals surface area contributed by atoms with Crippen LogP contribution >= 0.6 is 15.9 Å². The van der Waals surface area contributed by atoms with Crippen molar-refractivity contribution >= 4 is 21.9 Å². The summed E-state index contributed by atoms with van der Waals surface area (Å²) in [6, 6.07) is 0. The van der Waals surface area contributed by atoms with Crippen LogP contribution in [0, 0.1) is 0 Å². The first kappa shape index (κ1) is 12.9. The maximum atomic E-state index is 11.0. The lowest BCUT2D eigenvalue weighted by atomic mass is 10.2. The Morgan fingerprint density at radius 1 is 1.31 bits per heavy atom. The molecule has 0 aliphatic heterocycles. The van der Waals surface area contributed by atoms with Gasteiger partial charge in [-0.1, -0.05) is 48.5 Å². The minimum Gasteiger partial charge on any atom is -0.465 e. The fourth-order valence-electron chi connectivity index (χ4n) is 0.993. The lowest BCUT2D eigenvalue weighted by molar-refractivity contribution is -0.142. The van der Waals surface area contributed by atoms with E-state index in [-0.39, 0.29) is 10.8 Å². The van der Waals surface area contributed by atoms with Gasteiger partial charge in [-0.2, -0.15) is 0 Å². The molecule has 0 spiro atoms. The monoisotopic (exact) mass is 250 g/mol. The van der Waals surface area contributed by atoms with Crippen molar-refractivity contribution in [2.45, 2.75) is 50.8 Å². The van der Waals surface area contributed by atoms with Crippen molar-refractivity contribution in [1.29, 1.82) is 0 Å². The number of carbonyl (C=O) groups is 1. The lowest BCUT2D eigenvalue weighted by Gasteiger charge is -2.05. The van der Waals surface area contributed by atoms with Crippen LogP contribution in [0.3, 0.4) is 0 Å². The molecule has 13 heavy (non-hydrogen) atoms. The molecular weight excluding hydrogens is 232 g/mol. The van der Waals surface area contributed by atoms with Crippen LogP contribution in [0.5, 0.6) is 0 Å². The largest absolute Gasteiger partial charge is 0.465 e. The van der Waals surface area contributed by atoms with E-state index < -0.39 is 0 Å². The fraction of sp³-hybridized carbons (Fsp3) is 0.900. The third kappa shape index (κ3) is 8.28. The number of hydrogen-bond donors (Lipinski definition) is 0. The van der Waals surface area contributed by atoms with Crippen LogP contribution in [0.1, 0.15) is 46.0 Å². The minimum atomic E-state index is -0.178. The summed E-state index contributed by atoms with van der Waals surface area (Å²) in [5.74, 6) is -0.157. The van der Waals surface area contributed by atoms with E-state index in [9.17, 15) is 4.79 Å². The Morgan fingerprint density at radius 2 is 1.92 bits per heavy atom. The molecule has 0 bridgehead atoms. The van der Waals surface area contributed by atoms with Gasteiger partial charge in [0.15, 0.2) is 0 Å². The van der Waals surface area contributed by atoms with Crippen LogP contribution in [-0.2, 0) is 9.53 Å². The molecule has 0 saturated heterocycles. The molecule has 1 atom stereocenters. The molecule has 0 aromatic rings. The average Bonchev–Trinajstić information content (AvgIpc) is 2.10. The number of ether oxygens (including phenoxy) is 1. The third-order valence-electron chi connectivity index (χ3n) is 1.82. The summed E-state index contributed by atoms with van der Waals surface area (Å²) in [5.41, 5.74) is 0. The Labute approximate surface area is 89.2 Å². The van der Waals surface area contributed by atoms with Gasteiger partial charge in [0, 0.05) is 0 Å². The Kier molecular flexibility index (Phi) is 8.51. The Balaban J connectivity index is 3.12. The van der Waals surface area contributed by atoms with Crippen molar-refractivity contribution in [3.63, 3.8) is 0 Å². The van der Waals surface area contributed by atoms with E-state index in [1.807, 2.05) is 0 Å². The van der Waals surface area contributed by atoms with Gasteiger partial charge in [-0.3, -0.25) is 4.79 Å². The predicted molar refractivity (Wildman–Crippen MR) is 58.1 cm³/mol. The second kappa shape index (κ2) is 8.54. The summed E-state index contributed by atoms with van der Waals surface area (Å²) in [5, 5.41) is 0. The molecule has 0 unspecified atom stereocenters. The number of esters is 1. The molecule has 0 amide bonds. The number of unbranched alkanes of at least 4 members (excludes halogenated alkanes) is 4. The second-order valence-electron chi connectivity index (χ2n) is 3.20. The number of rotatable bonds is 7. The van der Waals surface area contributed by atoms with Gasteiger partial charge in [-0.15, -0.1) is 0 Å². The van der Waals surface area contributed by atoms with Gasteiger partial charge in [0.25, 0.3) is 0 Å². The van der Waals surface area contributed by atoms with Crippen LogP contribution in [0.15, 0.2) is 0 Å². The van der Waals surface area contributed by atoms with E-state index in [2.05, 4.69) is 22.9 Å². The van der Waals surface area contributed by atoms with Gasteiger partial charge in [0.2, 0.25) is 0 Å². The SMILES string of the molecule is CCCCCCCOC(=O)[C@H](C)Br. The van der Waals surface area contributed by atoms with Crippen LogP contribution in [0.4, 0.5) is 0 Å². The van der Waals surface area contributed by atoms with E-state index in [1.54, 1.807) is 6.92 Å². The molecule has 78 valence electrons. The third-order valence-corrected chi connectivity index (χ3v) is 2.19. The van der Waals surface area contributed by atoms with E-state index in [0.29, 0.717) is 6.61 Å². The number of hydrogen-bond acceptors (Lipinski definition) is 2. The summed E-state index contributed by atoms with van der Waals surface area (Å²) in [4.78, 5) is 10.8. The van der Waals surface area contributed by atoms with Crippen molar-refractivity contribution in [3.05, 3.63) is 0 Å². The maximum absolute atomic E-state index is 11.0. The van der Waals surface area contributed by atoms with E-state index in [4.69, 9.17) is 4.74 Å².